The first-order chi connectivity index (χ1) is 14.0. The van der Waals surface area contributed by atoms with Gasteiger partial charge in [0, 0.05) is 23.5 Å². The molecule has 0 aliphatic carbocycles. The first-order valence-electron chi connectivity index (χ1n) is 9.66. The molecule has 6 nitrogen and oxygen atoms in total. The van der Waals surface area contributed by atoms with Crippen LogP contribution >= 0.6 is 0 Å². The molecule has 3 aromatic rings. The van der Waals surface area contributed by atoms with Crippen LogP contribution in [0.15, 0.2) is 65.8 Å². The fourth-order valence-electron chi connectivity index (χ4n) is 3.37. The zero-order chi connectivity index (χ0) is 20.3. The molecule has 0 N–H and O–H groups in total. The molecule has 1 aromatic heterocycles. The second-order valence-electron chi connectivity index (χ2n) is 7.01. The predicted octanol–water partition coefficient (Wildman–Crippen LogP) is 3.54. The molecule has 7 heteroatoms. The van der Waals surface area contributed by atoms with Crippen LogP contribution in [0.5, 0.6) is 5.75 Å². The molecule has 29 heavy (non-hydrogen) atoms. The lowest BCUT2D eigenvalue weighted by Gasteiger charge is -2.04. The molecule has 1 aliphatic heterocycles. The van der Waals surface area contributed by atoms with Gasteiger partial charge in [0.05, 0.1) is 29.8 Å². The molecule has 150 valence electrons. The van der Waals surface area contributed by atoms with Crippen molar-refractivity contribution in [2.24, 2.45) is 4.99 Å². The zero-order valence-corrected chi connectivity index (χ0v) is 17.0. The minimum Gasteiger partial charge on any atom is -0.494 e. The average Bonchev–Trinajstić information content (AvgIpc) is 3.31. The van der Waals surface area contributed by atoms with E-state index in [1.165, 1.54) is 0 Å². The van der Waals surface area contributed by atoms with Crippen LogP contribution in [0.4, 0.5) is 0 Å². The topological polar surface area (TPSA) is 73.5 Å². The van der Waals surface area contributed by atoms with E-state index in [0.29, 0.717) is 13.0 Å². The Morgan fingerprint density at radius 2 is 1.93 bits per heavy atom. The Morgan fingerprint density at radius 1 is 1.17 bits per heavy atom. The van der Waals surface area contributed by atoms with E-state index in [0.717, 1.165) is 28.3 Å². The normalized spacial score (nSPS) is 18.3. The monoisotopic (exact) mass is 409 g/mol. The summed E-state index contributed by atoms with van der Waals surface area (Å²) < 4.78 is 30.8. The molecular weight excluding hydrogens is 386 g/mol. The van der Waals surface area contributed by atoms with Crippen molar-refractivity contribution in [3.8, 4) is 22.7 Å². The standard InChI is InChI=1S/C22H23N3O3S/c1-2-28-21-10-8-17(9-11-21)22-18(14-23-19-12-13-29(26,27)16-19)15-25(24-22)20-6-4-3-5-7-20/h3-11,14-15,19H,2,12-13,16H2,1H3/t19-/m1/s1. The molecule has 2 aromatic carbocycles. The first kappa shape index (κ1) is 19.4. The Labute approximate surface area is 170 Å². The number of para-hydroxylation sites is 1. The van der Waals surface area contributed by atoms with Crippen LogP contribution in [0.1, 0.15) is 18.9 Å². The summed E-state index contributed by atoms with van der Waals surface area (Å²) in [6.07, 6.45) is 4.25. The van der Waals surface area contributed by atoms with E-state index in [1.807, 2.05) is 72.4 Å². The van der Waals surface area contributed by atoms with Crippen molar-refractivity contribution in [2.75, 3.05) is 18.1 Å². The van der Waals surface area contributed by atoms with Gasteiger partial charge in [0.25, 0.3) is 0 Å². The number of benzene rings is 2. The quantitative estimate of drug-likeness (QED) is 0.584. The summed E-state index contributed by atoms with van der Waals surface area (Å²) in [5.74, 6) is 1.14. The molecule has 1 saturated heterocycles. The summed E-state index contributed by atoms with van der Waals surface area (Å²) in [5, 5.41) is 4.77. The van der Waals surface area contributed by atoms with Crippen molar-refractivity contribution in [2.45, 2.75) is 19.4 Å². The number of aromatic nitrogens is 2. The molecule has 0 saturated carbocycles. The SMILES string of the molecule is CCOc1ccc(-c2nn(-c3ccccc3)cc2C=N[C@@H]2CCS(=O)(=O)C2)cc1. The summed E-state index contributed by atoms with van der Waals surface area (Å²) in [6.45, 7) is 2.57. The summed E-state index contributed by atoms with van der Waals surface area (Å²) in [7, 11) is -2.96. The number of rotatable bonds is 6. The maximum absolute atomic E-state index is 11.7. The van der Waals surface area contributed by atoms with Crippen LogP contribution in [-0.4, -0.2) is 48.6 Å². The van der Waals surface area contributed by atoms with Gasteiger partial charge in [-0.1, -0.05) is 18.2 Å². The average molecular weight is 410 g/mol. The third-order valence-electron chi connectivity index (χ3n) is 4.83. The van der Waals surface area contributed by atoms with Gasteiger partial charge in [-0.05, 0) is 49.7 Å². The number of sulfone groups is 1. The summed E-state index contributed by atoms with van der Waals surface area (Å²) in [6, 6.07) is 17.5. The van der Waals surface area contributed by atoms with E-state index in [9.17, 15) is 8.42 Å². The lowest BCUT2D eigenvalue weighted by molar-refractivity contribution is 0.340. The van der Waals surface area contributed by atoms with E-state index in [-0.39, 0.29) is 17.5 Å². The zero-order valence-electron chi connectivity index (χ0n) is 16.2. The van der Waals surface area contributed by atoms with Gasteiger partial charge in [-0.2, -0.15) is 5.10 Å². The van der Waals surface area contributed by atoms with Gasteiger partial charge in [0.2, 0.25) is 0 Å². The Balaban J connectivity index is 1.69. The molecule has 1 atom stereocenters. The van der Waals surface area contributed by atoms with Crippen LogP contribution < -0.4 is 4.74 Å². The highest BCUT2D eigenvalue weighted by atomic mass is 32.2. The third-order valence-corrected chi connectivity index (χ3v) is 6.59. The van der Waals surface area contributed by atoms with Gasteiger partial charge >= 0.3 is 0 Å². The number of ether oxygens (including phenoxy) is 1. The van der Waals surface area contributed by atoms with Gasteiger partial charge < -0.3 is 4.74 Å². The minimum absolute atomic E-state index is 0.120. The lowest BCUT2D eigenvalue weighted by Crippen LogP contribution is -2.07. The maximum Gasteiger partial charge on any atom is 0.152 e. The number of aliphatic imine (C=N–C) groups is 1. The predicted molar refractivity (Wildman–Crippen MR) is 115 cm³/mol. The Bertz CT molecular complexity index is 1100. The Hall–Kier alpha value is -2.93. The molecular formula is C22H23N3O3S. The van der Waals surface area contributed by atoms with Crippen LogP contribution in [0.2, 0.25) is 0 Å². The van der Waals surface area contributed by atoms with E-state index >= 15 is 0 Å². The van der Waals surface area contributed by atoms with Gasteiger partial charge in [-0.25, -0.2) is 13.1 Å². The van der Waals surface area contributed by atoms with Crippen molar-refractivity contribution in [1.29, 1.82) is 0 Å². The second kappa shape index (κ2) is 8.21. The maximum atomic E-state index is 11.7. The summed E-state index contributed by atoms with van der Waals surface area (Å²) in [4.78, 5) is 4.55. The lowest BCUT2D eigenvalue weighted by atomic mass is 10.1. The summed E-state index contributed by atoms with van der Waals surface area (Å²) in [5.41, 5.74) is 3.54. The van der Waals surface area contributed by atoms with E-state index in [1.54, 1.807) is 6.21 Å². The van der Waals surface area contributed by atoms with Crippen LogP contribution in [0.25, 0.3) is 16.9 Å². The van der Waals surface area contributed by atoms with Crippen molar-refractivity contribution < 1.29 is 13.2 Å². The van der Waals surface area contributed by atoms with Crippen LogP contribution in [0.3, 0.4) is 0 Å². The van der Waals surface area contributed by atoms with E-state index in [2.05, 4.69) is 4.99 Å². The van der Waals surface area contributed by atoms with Crippen molar-refractivity contribution >= 4 is 16.1 Å². The Morgan fingerprint density at radius 3 is 2.59 bits per heavy atom. The number of hydrogen-bond donors (Lipinski definition) is 0. The van der Waals surface area contributed by atoms with Gasteiger partial charge in [-0.3, -0.25) is 4.99 Å². The number of nitrogens with zero attached hydrogens (tertiary/aromatic N) is 3. The largest absolute Gasteiger partial charge is 0.494 e. The van der Waals surface area contributed by atoms with E-state index in [4.69, 9.17) is 9.84 Å². The highest BCUT2D eigenvalue weighted by Crippen LogP contribution is 2.25. The fraction of sp³-hybridized carbons (Fsp3) is 0.273. The van der Waals surface area contributed by atoms with Crippen LogP contribution in [0, 0.1) is 0 Å². The molecule has 4 rings (SSSR count). The second-order valence-corrected chi connectivity index (χ2v) is 9.23. The third kappa shape index (κ3) is 4.56. The molecule has 2 heterocycles. The first-order valence-corrected chi connectivity index (χ1v) is 11.5. The molecule has 0 amide bonds. The molecule has 1 aliphatic rings. The fourth-order valence-corrected chi connectivity index (χ4v) is 5.01. The molecule has 1 fully saturated rings. The highest BCUT2D eigenvalue weighted by molar-refractivity contribution is 7.91. The van der Waals surface area contributed by atoms with E-state index < -0.39 is 9.84 Å². The van der Waals surface area contributed by atoms with Crippen LogP contribution in [-0.2, 0) is 9.84 Å². The van der Waals surface area contributed by atoms with Crippen molar-refractivity contribution in [1.82, 2.24) is 9.78 Å². The van der Waals surface area contributed by atoms with Crippen molar-refractivity contribution in [3.63, 3.8) is 0 Å². The van der Waals surface area contributed by atoms with Crippen molar-refractivity contribution in [3.05, 3.63) is 66.4 Å². The molecule has 0 bridgehead atoms. The highest BCUT2D eigenvalue weighted by Gasteiger charge is 2.27. The van der Waals surface area contributed by atoms with Gasteiger partial charge in [0.15, 0.2) is 9.84 Å². The van der Waals surface area contributed by atoms with Gasteiger partial charge in [0.1, 0.15) is 11.4 Å². The number of hydrogen-bond acceptors (Lipinski definition) is 5. The Kier molecular flexibility index (Phi) is 5.49. The minimum atomic E-state index is -2.96. The van der Waals surface area contributed by atoms with Gasteiger partial charge in [-0.15, -0.1) is 0 Å². The smallest absolute Gasteiger partial charge is 0.152 e. The molecule has 0 radical (unpaired) electrons. The molecule has 0 spiro atoms. The molecule has 0 unspecified atom stereocenters. The summed E-state index contributed by atoms with van der Waals surface area (Å²) >= 11 is 0.